The molecule has 64 valence electrons. The lowest BCUT2D eigenvalue weighted by atomic mass is 10.1. The highest BCUT2D eigenvalue weighted by atomic mass is 14.6. The van der Waals surface area contributed by atoms with E-state index in [-0.39, 0.29) is 6.04 Å². The molecule has 1 rings (SSSR count). The minimum Gasteiger partial charge on any atom is -0.324 e. The zero-order chi connectivity index (χ0) is 8.97. The Hall–Kier alpha value is -1.08. The SMILES string of the molecule is C=CCc1ccc(C(C)N)cc1. The molecule has 1 aromatic carbocycles. The third-order valence-electron chi connectivity index (χ3n) is 1.89. The molecule has 0 heterocycles. The van der Waals surface area contributed by atoms with E-state index in [9.17, 15) is 0 Å². The van der Waals surface area contributed by atoms with Gasteiger partial charge in [0.1, 0.15) is 0 Å². The Morgan fingerprint density at radius 2 is 2.00 bits per heavy atom. The van der Waals surface area contributed by atoms with Crippen LogP contribution in [0.4, 0.5) is 0 Å². The van der Waals surface area contributed by atoms with Gasteiger partial charge in [0.15, 0.2) is 0 Å². The van der Waals surface area contributed by atoms with Gasteiger partial charge in [-0.05, 0) is 24.5 Å². The second-order valence-electron chi connectivity index (χ2n) is 3.02. The zero-order valence-corrected chi connectivity index (χ0v) is 7.46. The zero-order valence-electron chi connectivity index (χ0n) is 7.46. The quantitative estimate of drug-likeness (QED) is 0.677. The van der Waals surface area contributed by atoms with E-state index in [4.69, 9.17) is 5.73 Å². The molecule has 0 aliphatic rings. The van der Waals surface area contributed by atoms with Gasteiger partial charge in [-0.15, -0.1) is 6.58 Å². The predicted octanol–water partition coefficient (Wildman–Crippen LogP) is 2.43. The van der Waals surface area contributed by atoms with Crippen LogP contribution in [0.1, 0.15) is 24.1 Å². The fraction of sp³-hybridized carbons (Fsp3) is 0.273. The van der Waals surface area contributed by atoms with Gasteiger partial charge in [0.2, 0.25) is 0 Å². The molecular weight excluding hydrogens is 146 g/mol. The average Bonchev–Trinajstić information content (AvgIpc) is 2.06. The molecule has 1 aromatic rings. The Balaban J connectivity index is 2.78. The monoisotopic (exact) mass is 161 g/mol. The lowest BCUT2D eigenvalue weighted by molar-refractivity contribution is 0.817. The second kappa shape index (κ2) is 4.07. The summed E-state index contributed by atoms with van der Waals surface area (Å²) in [7, 11) is 0. The summed E-state index contributed by atoms with van der Waals surface area (Å²) in [5, 5.41) is 0. The van der Waals surface area contributed by atoms with Gasteiger partial charge in [-0.1, -0.05) is 30.3 Å². The van der Waals surface area contributed by atoms with E-state index in [0.29, 0.717) is 0 Å². The summed E-state index contributed by atoms with van der Waals surface area (Å²) in [6.07, 6.45) is 2.83. The van der Waals surface area contributed by atoms with Crippen LogP contribution in [0.15, 0.2) is 36.9 Å². The molecule has 1 nitrogen and oxygen atoms in total. The minimum atomic E-state index is 0.128. The van der Waals surface area contributed by atoms with Gasteiger partial charge in [-0.3, -0.25) is 0 Å². The maximum absolute atomic E-state index is 5.72. The van der Waals surface area contributed by atoms with Crippen LogP contribution in [0.2, 0.25) is 0 Å². The third kappa shape index (κ3) is 2.21. The van der Waals surface area contributed by atoms with Crippen molar-refractivity contribution in [1.82, 2.24) is 0 Å². The molecule has 2 N–H and O–H groups in total. The molecule has 0 radical (unpaired) electrons. The third-order valence-corrected chi connectivity index (χ3v) is 1.89. The van der Waals surface area contributed by atoms with E-state index >= 15 is 0 Å². The van der Waals surface area contributed by atoms with Crippen molar-refractivity contribution in [1.29, 1.82) is 0 Å². The van der Waals surface area contributed by atoms with E-state index < -0.39 is 0 Å². The van der Waals surface area contributed by atoms with E-state index in [1.807, 2.05) is 13.0 Å². The van der Waals surface area contributed by atoms with E-state index in [1.165, 1.54) is 11.1 Å². The Kier molecular flexibility index (Phi) is 3.06. The topological polar surface area (TPSA) is 26.0 Å². The van der Waals surface area contributed by atoms with Crippen LogP contribution >= 0.6 is 0 Å². The van der Waals surface area contributed by atoms with Crippen molar-refractivity contribution in [2.75, 3.05) is 0 Å². The maximum Gasteiger partial charge on any atom is 0.0266 e. The Bertz CT molecular complexity index is 246. The van der Waals surface area contributed by atoms with Crippen molar-refractivity contribution in [2.24, 2.45) is 5.73 Å². The van der Waals surface area contributed by atoms with Crippen molar-refractivity contribution in [3.05, 3.63) is 48.0 Å². The number of nitrogens with two attached hydrogens (primary N) is 1. The average molecular weight is 161 g/mol. The van der Waals surface area contributed by atoms with Gasteiger partial charge in [0.05, 0.1) is 0 Å². The van der Waals surface area contributed by atoms with Crippen LogP contribution < -0.4 is 5.73 Å². The number of allylic oxidation sites excluding steroid dienone is 1. The second-order valence-corrected chi connectivity index (χ2v) is 3.02. The van der Waals surface area contributed by atoms with Crippen LogP contribution in [0.3, 0.4) is 0 Å². The first-order valence-corrected chi connectivity index (χ1v) is 4.19. The molecule has 1 heteroatoms. The lowest BCUT2D eigenvalue weighted by Crippen LogP contribution is -2.04. The number of hydrogen-bond acceptors (Lipinski definition) is 1. The highest BCUT2D eigenvalue weighted by Crippen LogP contribution is 2.11. The van der Waals surface area contributed by atoms with Gasteiger partial charge in [-0.2, -0.15) is 0 Å². The molecular formula is C11H15N. The molecule has 0 bridgehead atoms. The van der Waals surface area contributed by atoms with Gasteiger partial charge < -0.3 is 5.73 Å². The smallest absolute Gasteiger partial charge is 0.0266 e. The number of hydrogen-bond donors (Lipinski definition) is 1. The summed E-state index contributed by atoms with van der Waals surface area (Å²) < 4.78 is 0. The Morgan fingerprint density at radius 1 is 1.42 bits per heavy atom. The summed E-state index contributed by atoms with van der Waals surface area (Å²) in [5.74, 6) is 0. The molecule has 12 heavy (non-hydrogen) atoms. The van der Waals surface area contributed by atoms with Gasteiger partial charge >= 0.3 is 0 Å². The summed E-state index contributed by atoms with van der Waals surface area (Å²) in [4.78, 5) is 0. The molecule has 1 unspecified atom stereocenters. The van der Waals surface area contributed by atoms with Gasteiger partial charge in [-0.25, -0.2) is 0 Å². The Labute approximate surface area is 73.9 Å². The van der Waals surface area contributed by atoms with E-state index in [0.717, 1.165) is 6.42 Å². The predicted molar refractivity (Wildman–Crippen MR) is 52.9 cm³/mol. The van der Waals surface area contributed by atoms with Crippen molar-refractivity contribution < 1.29 is 0 Å². The van der Waals surface area contributed by atoms with Crippen molar-refractivity contribution in [3.63, 3.8) is 0 Å². The van der Waals surface area contributed by atoms with Crippen LogP contribution in [-0.2, 0) is 6.42 Å². The first-order chi connectivity index (χ1) is 5.74. The van der Waals surface area contributed by atoms with Crippen LogP contribution in [-0.4, -0.2) is 0 Å². The largest absolute Gasteiger partial charge is 0.324 e. The molecule has 0 saturated heterocycles. The molecule has 0 aliphatic carbocycles. The minimum absolute atomic E-state index is 0.128. The van der Waals surface area contributed by atoms with Crippen LogP contribution in [0.5, 0.6) is 0 Å². The summed E-state index contributed by atoms with van der Waals surface area (Å²) >= 11 is 0. The van der Waals surface area contributed by atoms with Crippen LogP contribution in [0.25, 0.3) is 0 Å². The normalized spacial score (nSPS) is 12.5. The first-order valence-electron chi connectivity index (χ1n) is 4.19. The number of benzene rings is 1. The fourth-order valence-electron chi connectivity index (χ4n) is 1.12. The van der Waals surface area contributed by atoms with Crippen molar-refractivity contribution in [2.45, 2.75) is 19.4 Å². The molecule has 0 aromatic heterocycles. The van der Waals surface area contributed by atoms with Gasteiger partial charge in [0, 0.05) is 6.04 Å². The lowest BCUT2D eigenvalue weighted by Gasteiger charge is -2.05. The molecule has 0 fully saturated rings. The van der Waals surface area contributed by atoms with Gasteiger partial charge in [0.25, 0.3) is 0 Å². The standard InChI is InChI=1S/C11H15N/c1-3-4-10-5-7-11(8-6-10)9(2)12/h3,5-9H,1,4,12H2,2H3. The molecule has 0 saturated carbocycles. The number of rotatable bonds is 3. The Morgan fingerprint density at radius 3 is 2.42 bits per heavy atom. The summed E-state index contributed by atoms with van der Waals surface area (Å²) in [5.41, 5.74) is 8.19. The van der Waals surface area contributed by atoms with Crippen molar-refractivity contribution in [3.8, 4) is 0 Å². The van der Waals surface area contributed by atoms with E-state index in [2.05, 4.69) is 30.8 Å². The van der Waals surface area contributed by atoms with Crippen molar-refractivity contribution >= 4 is 0 Å². The highest BCUT2D eigenvalue weighted by Gasteiger charge is 1.97. The molecule has 0 amide bonds. The maximum atomic E-state index is 5.72. The summed E-state index contributed by atoms with van der Waals surface area (Å²) in [6, 6.07) is 8.47. The summed E-state index contributed by atoms with van der Waals surface area (Å²) in [6.45, 7) is 5.68. The molecule has 0 spiro atoms. The van der Waals surface area contributed by atoms with E-state index in [1.54, 1.807) is 0 Å². The molecule has 1 atom stereocenters. The highest BCUT2D eigenvalue weighted by molar-refractivity contribution is 5.25. The molecule has 0 aliphatic heterocycles. The van der Waals surface area contributed by atoms with Crippen LogP contribution in [0, 0.1) is 0 Å². The first kappa shape index (κ1) is 9.01. The fourth-order valence-corrected chi connectivity index (χ4v) is 1.12.